The zero-order chi connectivity index (χ0) is 12.3. The Labute approximate surface area is 105 Å². The van der Waals surface area contributed by atoms with Crippen molar-refractivity contribution in [2.24, 2.45) is 0 Å². The number of aryl methyl sites for hydroxylation is 1. The first-order valence-corrected chi connectivity index (χ1v) is 6.84. The Bertz CT molecular complexity index is 551. The largest absolute Gasteiger partial charge is 0.293 e. The van der Waals surface area contributed by atoms with Crippen molar-refractivity contribution in [3.8, 4) is 0 Å². The summed E-state index contributed by atoms with van der Waals surface area (Å²) >= 11 is 1.65. The number of carbonyl (C=O) groups excluding carboxylic acids is 1. The molecular formula is C14H15NOS. The summed E-state index contributed by atoms with van der Waals surface area (Å²) in [6.45, 7) is 4.03. The molecule has 0 unspecified atom stereocenters. The molecule has 1 aromatic carbocycles. The molecule has 0 amide bonds. The zero-order valence-electron chi connectivity index (χ0n) is 10.1. The minimum atomic E-state index is 0.194. The average Bonchev–Trinajstić information content (AvgIpc) is 2.35. The monoisotopic (exact) mass is 245 g/mol. The van der Waals surface area contributed by atoms with E-state index in [0.29, 0.717) is 5.75 Å². The van der Waals surface area contributed by atoms with Crippen LogP contribution in [-0.4, -0.2) is 22.3 Å². The lowest BCUT2D eigenvalue weighted by molar-refractivity contribution is 0.102. The highest BCUT2D eigenvalue weighted by atomic mass is 32.2. The minimum Gasteiger partial charge on any atom is -0.293 e. The van der Waals surface area contributed by atoms with Gasteiger partial charge < -0.3 is 0 Å². The Hall–Kier alpha value is -1.35. The number of fused-ring (bicyclic) bond motifs is 1. The lowest BCUT2D eigenvalue weighted by Crippen LogP contribution is -2.02. The van der Waals surface area contributed by atoms with Crippen LogP contribution >= 0.6 is 11.8 Å². The molecule has 1 aromatic heterocycles. The fraction of sp³-hybridized carbons (Fsp3) is 0.286. The van der Waals surface area contributed by atoms with E-state index >= 15 is 0 Å². The Morgan fingerprint density at radius 2 is 2.12 bits per heavy atom. The van der Waals surface area contributed by atoms with Crippen LogP contribution in [0.1, 0.15) is 23.0 Å². The Kier molecular flexibility index (Phi) is 3.79. The summed E-state index contributed by atoms with van der Waals surface area (Å²) < 4.78 is 0. The zero-order valence-corrected chi connectivity index (χ0v) is 10.9. The highest BCUT2D eigenvalue weighted by Gasteiger charge is 2.06. The topological polar surface area (TPSA) is 30.0 Å². The highest BCUT2D eigenvalue weighted by molar-refractivity contribution is 7.99. The van der Waals surface area contributed by atoms with E-state index in [2.05, 4.69) is 11.9 Å². The Balaban J connectivity index is 2.31. The molecule has 0 N–H and O–H groups in total. The van der Waals surface area contributed by atoms with Gasteiger partial charge >= 0.3 is 0 Å². The van der Waals surface area contributed by atoms with Crippen LogP contribution in [0.3, 0.4) is 0 Å². The molecule has 0 atom stereocenters. The normalized spacial score (nSPS) is 10.7. The molecule has 2 nitrogen and oxygen atoms in total. The van der Waals surface area contributed by atoms with Crippen molar-refractivity contribution in [1.82, 2.24) is 4.98 Å². The van der Waals surface area contributed by atoms with Crippen LogP contribution in [-0.2, 0) is 0 Å². The number of nitrogens with zero attached hydrogens (tertiary/aromatic N) is 1. The van der Waals surface area contributed by atoms with Crippen LogP contribution in [0.4, 0.5) is 0 Å². The van der Waals surface area contributed by atoms with Gasteiger partial charge in [0.15, 0.2) is 5.78 Å². The molecule has 1 heterocycles. The summed E-state index contributed by atoms with van der Waals surface area (Å²) in [5.41, 5.74) is 2.73. The smallest absolute Gasteiger partial charge is 0.172 e. The number of aromatic nitrogens is 1. The molecule has 0 aliphatic rings. The van der Waals surface area contributed by atoms with Crippen LogP contribution in [0.25, 0.3) is 10.9 Å². The molecule has 0 radical (unpaired) electrons. The molecule has 0 saturated carbocycles. The van der Waals surface area contributed by atoms with Crippen molar-refractivity contribution in [2.45, 2.75) is 13.8 Å². The molecule has 0 saturated heterocycles. The summed E-state index contributed by atoms with van der Waals surface area (Å²) in [7, 11) is 0. The number of benzene rings is 1. The maximum atomic E-state index is 11.9. The fourth-order valence-electron chi connectivity index (χ4n) is 1.68. The van der Waals surface area contributed by atoms with Gasteiger partial charge in [0.2, 0.25) is 0 Å². The average molecular weight is 245 g/mol. The summed E-state index contributed by atoms with van der Waals surface area (Å²) in [5, 5.41) is 1.03. The van der Waals surface area contributed by atoms with E-state index in [4.69, 9.17) is 0 Å². The van der Waals surface area contributed by atoms with Crippen molar-refractivity contribution in [3.05, 3.63) is 41.6 Å². The van der Waals surface area contributed by atoms with Gasteiger partial charge in [-0.15, -0.1) is 0 Å². The second-order valence-electron chi connectivity index (χ2n) is 3.92. The lowest BCUT2D eigenvalue weighted by atomic mass is 10.1. The molecule has 0 aliphatic heterocycles. The van der Waals surface area contributed by atoms with Crippen molar-refractivity contribution >= 4 is 28.4 Å². The van der Waals surface area contributed by atoms with Crippen LogP contribution in [0.15, 0.2) is 30.3 Å². The number of rotatable bonds is 4. The fourth-order valence-corrected chi connectivity index (χ4v) is 2.24. The molecule has 0 spiro atoms. The Morgan fingerprint density at radius 1 is 1.29 bits per heavy atom. The second kappa shape index (κ2) is 5.32. The van der Waals surface area contributed by atoms with Gasteiger partial charge in [-0.2, -0.15) is 11.8 Å². The third-order valence-corrected chi connectivity index (χ3v) is 3.46. The molecular weight excluding hydrogens is 230 g/mol. The molecule has 0 bridgehead atoms. The van der Waals surface area contributed by atoms with Gasteiger partial charge in [0.1, 0.15) is 0 Å². The van der Waals surface area contributed by atoms with Crippen LogP contribution in [0.5, 0.6) is 0 Å². The van der Waals surface area contributed by atoms with Gasteiger partial charge in [-0.05, 0) is 36.9 Å². The van der Waals surface area contributed by atoms with Crippen molar-refractivity contribution in [3.63, 3.8) is 0 Å². The second-order valence-corrected chi connectivity index (χ2v) is 5.19. The first-order chi connectivity index (χ1) is 8.20. The van der Waals surface area contributed by atoms with E-state index in [0.717, 1.165) is 27.9 Å². The number of thioether (sulfide) groups is 1. The Morgan fingerprint density at radius 3 is 2.88 bits per heavy atom. The van der Waals surface area contributed by atoms with Crippen LogP contribution in [0, 0.1) is 6.92 Å². The first-order valence-electron chi connectivity index (χ1n) is 5.69. The maximum Gasteiger partial charge on any atom is 0.172 e. The number of carbonyl (C=O) groups is 1. The number of Topliss-reactive ketones (excluding diaryl/α,β-unsaturated/α-hetero) is 1. The molecule has 0 fully saturated rings. The van der Waals surface area contributed by atoms with Gasteiger partial charge in [0.25, 0.3) is 0 Å². The van der Waals surface area contributed by atoms with Gasteiger partial charge in [-0.3, -0.25) is 9.78 Å². The van der Waals surface area contributed by atoms with Gasteiger partial charge in [-0.1, -0.05) is 13.0 Å². The quantitative estimate of drug-likeness (QED) is 0.772. The van der Waals surface area contributed by atoms with Crippen LogP contribution < -0.4 is 0 Å². The predicted molar refractivity (Wildman–Crippen MR) is 73.8 cm³/mol. The van der Waals surface area contributed by atoms with E-state index < -0.39 is 0 Å². The molecule has 2 aromatic rings. The van der Waals surface area contributed by atoms with E-state index in [-0.39, 0.29) is 5.78 Å². The molecule has 2 rings (SSSR count). The maximum absolute atomic E-state index is 11.9. The number of hydrogen-bond donors (Lipinski definition) is 0. The van der Waals surface area contributed by atoms with Crippen molar-refractivity contribution < 1.29 is 4.79 Å². The van der Waals surface area contributed by atoms with Crippen molar-refractivity contribution in [1.29, 1.82) is 0 Å². The van der Waals surface area contributed by atoms with E-state index in [1.54, 1.807) is 11.8 Å². The van der Waals surface area contributed by atoms with Crippen LogP contribution in [0.2, 0.25) is 0 Å². The van der Waals surface area contributed by atoms with Gasteiger partial charge in [0.05, 0.1) is 11.3 Å². The van der Waals surface area contributed by atoms with Gasteiger partial charge in [0, 0.05) is 16.6 Å². The predicted octanol–water partition coefficient (Wildman–Crippen LogP) is 3.48. The standard InChI is InChI=1S/C14H15NOS/c1-3-17-9-14(16)12-6-7-13-11(8-12)5-4-10(2)15-13/h4-8H,3,9H2,1-2H3. The van der Waals surface area contributed by atoms with E-state index in [1.807, 2.05) is 37.3 Å². The first kappa shape index (κ1) is 12.1. The molecule has 88 valence electrons. The molecule has 0 aliphatic carbocycles. The number of pyridine rings is 1. The summed E-state index contributed by atoms with van der Waals surface area (Å²) in [5.74, 6) is 1.72. The number of ketones is 1. The third-order valence-electron chi connectivity index (χ3n) is 2.59. The summed E-state index contributed by atoms with van der Waals surface area (Å²) in [6.07, 6.45) is 0. The SMILES string of the molecule is CCSCC(=O)c1ccc2nc(C)ccc2c1. The summed E-state index contributed by atoms with van der Waals surface area (Å²) in [4.78, 5) is 16.3. The van der Waals surface area contributed by atoms with E-state index in [1.165, 1.54) is 0 Å². The highest BCUT2D eigenvalue weighted by Crippen LogP contribution is 2.16. The minimum absolute atomic E-state index is 0.194. The molecule has 17 heavy (non-hydrogen) atoms. The van der Waals surface area contributed by atoms with Gasteiger partial charge in [-0.25, -0.2) is 0 Å². The number of hydrogen-bond acceptors (Lipinski definition) is 3. The van der Waals surface area contributed by atoms with E-state index in [9.17, 15) is 4.79 Å². The summed E-state index contributed by atoms with van der Waals surface area (Å²) in [6, 6.07) is 9.71. The molecule has 3 heteroatoms. The van der Waals surface area contributed by atoms with Crippen molar-refractivity contribution in [2.75, 3.05) is 11.5 Å². The lowest BCUT2D eigenvalue weighted by Gasteiger charge is -2.03. The third kappa shape index (κ3) is 2.86.